The first-order chi connectivity index (χ1) is 6.70. The Balaban J connectivity index is 3.43. The lowest BCUT2D eigenvalue weighted by molar-refractivity contribution is 0.708. The molecule has 0 saturated carbocycles. The Morgan fingerprint density at radius 2 is 2.00 bits per heavy atom. The van der Waals surface area contributed by atoms with Crippen LogP contribution in [0.25, 0.3) is 11.6 Å². The van der Waals surface area contributed by atoms with Gasteiger partial charge in [0, 0.05) is 0 Å². The maximum absolute atomic E-state index is 2.29. The molecular formula is C14H20. The molecule has 0 N–H and O–H groups in total. The van der Waals surface area contributed by atoms with Crippen molar-refractivity contribution in [2.24, 2.45) is 5.92 Å². The summed E-state index contributed by atoms with van der Waals surface area (Å²) in [5.41, 5.74) is 1.50. The predicted octanol–water partition coefficient (Wildman–Crippen LogP) is 2.70. The van der Waals surface area contributed by atoms with E-state index in [9.17, 15) is 0 Å². The minimum absolute atomic E-state index is 0.677. The molecular weight excluding hydrogens is 168 g/mol. The highest BCUT2D eigenvalue weighted by Gasteiger charge is 2.01. The molecule has 1 rings (SSSR count). The predicted molar refractivity (Wildman–Crippen MR) is 64.4 cm³/mol. The molecule has 0 aliphatic heterocycles. The van der Waals surface area contributed by atoms with Gasteiger partial charge in [-0.05, 0) is 36.6 Å². The molecule has 14 heavy (non-hydrogen) atoms. The van der Waals surface area contributed by atoms with E-state index in [-0.39, 0.29) is 0 Å². The topological polar surface area (TPSA) is 0 Å². The third kappa shape index (κ3) is 2.25. The van der Waals surface area contributed by atoms with E-state index in [0.717, 1.165) is 0 Å². The van der Waals surface area contributed by atoms with Gasteiger partial charge in [0.05, 0.1) is 0 Å². The largest absolute Gasteiger partial charge is 0.0798 e. The Kier molecular flexibility index (Phi) is 3.94. The smallest absolute Gasteiger partial charge is 0.0195 e. The Bertz CT molecular complexity index is 398. The highest BCUT2D eigenvalue weighted by Crippen LogP contribution is 2.11. The van der Waals surface area contributed by atoms with Gasteiger partial charge < -0.3 is 0 Å². The fourth-order valence-electron chi connectivity index (χ4n) is 1.68. The molecule has 0 aliphatic carbocycles. The van der Waals surface area contributed by atoms with E-state index < -0.39 is 0 Å². The molecule has 1 aromatic carbocycles. The lowest BCUT2D eigenvalue weighted by atomic mass is 9.97. The van der Waals surface area contributed by atoms with Gasteiger partial charge in [-0.25, -0.2) is 0 Å². The lowest BCUT2D eigenvalue weighted by Gasteiger charge is -2.09. The maximum Gasteiger partial charge on any atom is -0.0195 e. The summed E-state index contributed by atoms with van der Waals surface area (Å²) in [7, 11) is 0. The molecule has 0 radical (unpaired) electrons. The van der Waals surface area contributed by atoms with Crippen molar-refractivity contribution in [3.8, 4) is 0 Å². The van der Waals surface area contributed by atoms with E-state index in [1.165, 1.54) is 22.4 Å². The highest BCUT2D eigenvalue weighted by atomic mass is 14.1. The second-order valence-electron chi connectivity index (χ2n) is 3.87. The van der Waals surface area contributed by atoms with Gasteiger partial charge in [-0.15, -0.1) is 0 Å². The molecule has 1 aromatic rings. The van der Waals surface area contributed by atoms with Crippen LogP contribution >= 0.6 is 0 Å². The Labute approximate surface area is 87.0 Å². The normalized spacial score (nSPS) is 16.7. The second kappa shape index (κ2) is 4.99. The maximum atomic E-state index is 2.29. The van der Waals surface area contributed by atoms with Crippen LogP contribution in [0.4, 0.5) is 0 Å². The van der Waals surface area contributed by atoms with Gasteiger partial charge in [-0.1, -0.05) is 49.8 Å². The van der Waals surface area contributed by atoms with E-state index in [0.29, 0.717) is 5.92 Å². The summed E-state index contributed by atoms with van der Waals surface area (Å²) in [6.07, 6.45) is 3.39. The molecule has 0 aromatic heterocycles. The van der Waals surface area contributed by atoms with Crippen molar-refractivity contribution in [1.29, 1.82) is 0 Å². The molecule has 1 unspecified atom stereocenters. The summed E-state index contributed by atoms with van der Waals surface area (Å²) in [6, 6.07) is 8.62. The number of hydrogen-bond acceptors (Lipinski definition) is 0. The third-order valence-electron chi connectivity index (χ3n) is 3.05. The zero-order valence-corrected chi connectivity index (χ0v) is 9.67. The SMILES string of the molecule is CC=c1ccccc1=C(C)C(C)CC. The molecule has 0 saturated heterocycles. The fourth-order valence-corrected chi connectivity index (χ4v) is 1.68. The minimum Gasteiger partial charge on any atom is -0.0798 e. The zero-order valence-electron chi connectivity index (χ0n) is 9.67. The third-order valence-corrected chi connectivity index (χ3v) is 3.05. The van der Waals surface area contributed by atoms with Crippen LogP contribution in [-0.4, -0.2) is 0 Å². The van der Waals surface area contributed by atoms with Crippen LogP contribution in [-0.2, 0) is 0 Å². The van der Waals surface area contributed by atoms with Crippen LogP contribution in [0, 0.1) is 5.92 Å². The van der Waals surface area contributed by atoms with Crippen LogP contribution < -0.4 is 10.4 Å². The zero-order chi connectivity index (χ0) is 10.6. The monoisotopic (exact) mass is 188 g/mol. The molecule has 0 bridgehead atoms. The van der Waals surface area contributed by atoms with E-state index in [2.05, 4.69) is 58.0 Å². The summed E-state index contributed by atoms with van der Waals surface area (Å²) in [6.45, 7) is 8.88. The van der Waals surface area contributed by atoms with Crippen molar-refractivity contribution in [2.75, 3.05) is 0 Å². The summed E-state index contributed by atoms with van der Waals surface area (Å²) in [5, 5.41) is 2.76. The van der Waals surface area contributed by atoms with Crippen LogP contribution in [0.3, 0.4) is 0 Å². The van der Waals surface area contributed by atoms with Gasteiger partial charge in [0.15, 0.2) is 0 Å². The molecule has 0 heteroatoms. The number of benzene rings is 1. The molecule has 0 fully saturated rings. The van der Waals surface area contributed by atoms with Crippen LogP contribution in [0.5, 0.6) is 0 Å². The molecule has 76 valence electrons. The van der Waals surface area contributed by atoms with Crippen molar-refractivity contribution in [3.05, 3.63) is 34.7 Å². The molecule has 0 heterocycles. The minimum atomic E-state index is 0.677. The van der Waals surface area contributed by atoms with Crippen LogP contribution in [0.15, 0.2) is 24.3 Å². The summed E-state index contributed by atoms with van der Waals surface area (Å²) < 4.78 is 0. The van der Waals surface area contributed by atoms with Gasteiger partial charge in [0.25, 0.3) is 0 Å². The second-order valence-corrected chi connectivity index (χ2v) is 3.87. The number of rotatable bonds is 2. The quantitative estimate of drug-likeness (QED) is 0.669. The Hall–Kier alpha value is -1.04. The van der Waals surface area contributed by atoms with Gasteiger partial charge in [-0.2, -0.15) is 0 Å². The highest BCUT2D eigenvalue weighted by molar-refractivity contribution is 5.45. The Morgan fingerprint density at radius 3 is 2.57 bits per heavy atom. The van der Waals surface area contributed by atoms with Crippen molar-refractivity contribution in [3.63, 3.8) is 0 Å². The van der Waals surface area contributed by atoms with Crippen molar-refractivity contribution < 1.29 is 0 Å². The van der Waals surface area contributed by atoms with E-state index in [1.54, 1.807) is 0 Å². The van der Waals surface area contributed by atoms with E-state index in [1.807, 2.05) is 0 Å². The molecule has 0 nitrogen and oxygen atoms in total. The first kappa shape index (κ1) is 11.0. The Morgan fingerprint density at radius 1 is 1.36 bits per heavy atom. The molecule has 0 amide bonds. The van der Waals surface area contributed by atoms with E-state index >= 15 is 0 Å². The average molecular weight is 188 g/mol. The summed E-state index contributed by atoms with van der Waals surface area (Å²) in [4.78, 5) is 0. The van der Waals surface area contributed by atoms with E-state index in [4.69, 9.17) is 0 Å². The molecule has 1 atom stereocenters. The van der Waals surface area contributed by atoms with Gasteiger partial charge in [-0.3, -0.25) is 0 Å². The van der Waals surface area contributed by atoms with Crippen LogP contribution in [0.2, 0.25) is 0 Å². The lowest BCUT2D eigenvalue weighted by Crippen LogP contribution is -2.27. The standard InChI is InChI=1S/C14H20/c1-5-11(3)12(4)14-10-8-7-9-13(14)6-2/h6-11H,5H2,1-4H3. The van der Waals surface area contributed by atoms with Gasteiger partial charge in [0.1, 0.15) is 0 Å². The summed E-state index contributed by atoms with van der Waals surface area (Å²) in [5.74, 6) is 0.677. The molecule has 0 aliphatic rings. The first-order valence-electron chi connectivity index (χ1n) is 5.42. The average Bonchev–Trinajstić information content (AvgIpc) is 2.26. The van der Waals surface area contributed by atoms with Gasteiger partial charge in [0.2, 0.25) is 0 Å². The fraction of sp³-hybridized carbons (Fsp3) is 0.429. The van der Waals surface area contributed by atoms with Crippen molar-refractivity contribution >= 4 is 11.6 Å². The summed E-state index contributed by atoms with van der Waals surface area (Å²) >= 11 is 0. The van der Waals surface area contributed by atoms with Gasteiger partial charge >= 0.3 is 0 Å². The first-order valence-corrected chi connectivity index (χ1v) is 5.42. The van der Waals surface area contributed by atoms with Crippen LogP contribution in [0.1, 0.15) is 34.1 Å². The van der Waals surface area contributed by atoms with Crippen molar-refractivity contribution in [2.45, 2.75) is 34.1 Å². The number of hydrogen-bond donors (Lipinski definition) is 0. The molecule has 0 spiro atoms. The van der Waals surface area contributed by atoms with Crippen molar-refractivity contribution in [1.82, 2.24) is 0 Å².